The fraction of sp³-hybridized carbons (Fsp3) is 0.375. The second-order valence-electron chi connectivity index (χ2n) is 4.70. The Bertz CT molecular complexity index is 649. The van der Waals surface area contributed by atoms with Crippen molar-refractivity contribution in [3.63, 3.8) is 0 Å². The van der Waals surface area contributed by atoms with Crippen molar-refractivity contribution >= 4 is 17.7 Å². The van der Waals surface area contributed by atoms with Gasteiger partial charge in [-0.1, -0.05) is 6.92 Å². The van der Waals surface area contributed by atoms with E-state index in [-0.39, 0.29) is 18.2 Å². The number of carbonyl (C=O) groups excluding carboxylic acids is 1. The molecule has 1 aliphatic rings. The van der Waals surface area contributed by atoms with E-state index < -0.39 is 0 Å². The summed E-state index contributed by atoms with van der Waals surface area (Å²) in [6.45, 7) is 1.98. The second kappa shape index (κ2) is 7.23. The summed E-state index contributed by atoms with van der Waals surface area (Å²) in [4.78, 5) is 12.0. The number of amides is 1. The first-order chi connectivity index (χ1) is 10.6. The molecule has 0 aliphatic carbocycles. The van der Waals surface area contributed by atoms with Gasteiger partial charge < -0.3 is 14.8 Å². The zero-order valence-corrected chi connectivity index (χ0v) is 13.6. The molecule has 1 aromatic carbocycles. The lowest BCUT2D eigenvalue weighted by atomic mass is 9.86. The fourth-order valence-corrected chi connectivity index (χ4v) is 3.27. The number of benzene rings is 1. The monoisotopic (exact) mass is 318 g/mol. The number of methoxy groups -OCH3 is 2. The lowest BCUT2D eigenvalue weighted by Gasteiger charge is -2.26. The van der Waals surface area contributed by atoms with Gasteiger partial charge in [0.25, 0.3) is 0 Å². The largest absolute Gasteiger partial charge is 0.497 e. The molecule has 22 heavy (non-hydrogen) atoms. The Balaban J connectivity index is 2.56. The van der Waals surface area contributed by atoms with Crippen LogP contribution in [0, 0.1) is 11.3 Å². The minimum atomic E-state index is -0.321. The molecule has 0 saturated carbocycles. The van der Waals surface area contributed by atoms with E-state index in [1.165, 1.54) is 11.8 Å². The van der Waals surface area contributed by atoms with Gasteiger partial charge >= 0.3 is 0 Å². The summed E-state index contributed by atoms with van der Waals surface area (Å²) in [5, 5.41) is 13.0. The van der Waals surface area contributed by atoms with Crippen LogP contribution in [0.15, 0.2) is 28.8 Å². The summed E-state index contributed by atoms with van der Waals surface area (Å²) in [6.07, 6.45) is 0.222. The first-order valence-corrected chi connectivity index (χ1v) is 7.92. The van der Waals surface area contributed by atoms with Gasteiger partial charge in [0.15, 0.2) is 0 Å². The van der Waals surface area contributed by atoms with Crippen LogP contribution in [0.4, 0.5) is 0 Å². The normalized spacial score (nSPS) is 17.7. The van der Waals surface area contributed by atoms with Gasteiger partial charge in [0, 0.05) is 17.9 Å². The van der Waals surface area contributed by atoms with E-state index in [1.807, 2.05) is 13.0 Å². The molecule has 116 valence electrons. The van der Waals surface area contributed by atoms with Crippen molar-refractivity contribution in [3.8, 4) is 17.6 Å². The molecule has 1 atom stereocenters. The first kappa shape index (κ1) is 16.2. The van der Waals surface area contributed by atoms with Gasteiger partial charge in [-0.3, -0.25) is 4.79 Å². The molecule has 2 rings (SSSR count). The third-order valence-electron chi connectivity index (χ3n) is 3.46. The third kappa shape index (κ3) is 3.20. The van der Waals surface area contributed by atoms with Crippen LogP contribution < -0.4 is 14.8 Å². The molecule has 0 spiro atoms. The number of allylic oxidation sites excluding steroid dienone is 1. The quantitative estimate of drug-likeness (QED) is 0.904. The number of ether oxygens (including phenoxy) is 2. The van der Waals surface area contributed by atoms with Crippen LogP contribution in [-0.2, 0) is 4.79 Å². The van der Waals surface area contributed by atoms with Crippen molar-refractivity contribution < 1.29 is 14.3 Å². The molecular weight excluding hydrogens is 300 g/mol. The molecule has 0 saturated heterocycles. The van der Waals surface area contributed by atoms with E-state index in [2.05, 4.69) is 11.4 Å². The molecule has 0 bridgehead atoms. The molecule has 1 aliphatic heterocycles. The standard InChI is InChI=1S/C16H18N2O3S/c1-4-22-16-13(9-17)11(8-15(19)18-16)12-7-10(20-2)5-6-14(12)21-3/h5-7,11H,4,8H2,1-3H3,(H,18,19)/t11-/m1/s1. The Morgan fingerprint density at radius 1 is 1.41 bits per heavy atom. The van der Waals surface area contributed by atoms with Crippen molar-refractivity contribution in [2.75, 3.05) is 20.0 Å². The smallest absolute Gasteiger partial charge is 0.225 e. The number of nitrogens with zero attached hydrogens (tertiary/aromatic N) is 1. The van der Waals surface area contributed by atoms with Crippen molar-refractivity contribution in [1.29, 1.82) is 5.26 Å². The van der Waals surface area contributed by atoms with Crippen LogP contribution in [-0.4, -0.2) is 25.9 Å². The molecule has 0 fully saturated rings. The highest BCUT2D eigenvalue weighted by atomic mass is 32.2. The highest BCUT2D eigenvalue weighted by molar-refractivity contribution is 8.03. The lowest BCUT2D eigenvalue weighted by molar-refractivity contribution is -0.120. The van der Waals surface area contributed by atoms with Gasteiger partial charge in [-0.2, -0.15) is 5.26 Å². The van der Waals surface area contributed by atoms with Crippen molar-refractivity contribution in [2.24, 2.45) is 0 Å². The molecule has 5 nitrogen and oxygen atoms in total. The SMILES string of the molecule is CCSC1=C(C#N)[C@@H](c2cc(OC)ccc2OC)CC(=O)N1. The maximum Gasteiger partial charge on any atom is 0.225 e. The summed E-state index contributed by atoms with van der Waals surface area (Å²) in [7, 11) is 3.16. The highest BCUT2D eigenvalue weighted by Crippen LogP contribution is 2.41. The Morgan fingerprint density at radius 2 is 2.18 bits per heavy atom. The Hall–Kier alpha value is -2.13. The summed E-state index contributed by atoms with van der Waals surface area (Å²) >= 11 is 1.46. The number of rotatable bonds is 5. The number of nitriles is 1. The average molecular weight is 318 g/mol. The zero-order chi connectivity index (χ0) is 16.1. The van der Waals surface area contributed by atoms with E-state index in [0.29, 0.717) is 22.1 Å². The van der Waals surface area contributed by atoms with Gasteiger partial charge in [0.2, 0.25) is 5.91 Å². The minimum absolute atomic E-state index is 0.0928. The maximum atomic E-state index is 12.0. The minimum Gasteiger partial charge on any atom is -0.497 e. The van der Waals surface area contributed by atoms with Gasteiger partial charge in [-0.25, -0.2) is 0 Å². The van der Waals surface area contributed by atoms with E-state index in [9.17, 15) is 10.1 Å². The average Bonchev–Trinajstić information content (AvgIpc) is 2.54. The van der Waals surface area contributed by atoms with E-state index in [0.717, 1.165) is 11.3 Å². The van der Waals surface area contributed by atoms with E-state index in [1.54, 1.807) is 26.4 Å². The van der Waals surface area contributed by atoms with Crippen LogP contribution in [0.3, 0.4) is 0 Å². The maximum absolute atomic E-state index is 12.0. The van der Waals surface area contributed by atoms with Gasteiger partial charge in [0.1, 0.15) is 11.5 Å². The van der Waals surface area contributed by atoms with Crippen LogP contribution in [0.5, 0.6) is 11.5 Å². The number of hydrogen-bond acceptors (Lipinski definition) is 5. The van der Waals surface area contributed by atoms with Crippen molar-refractivity contribution in [3.05, 3.63) is 34.4 Å². The third-order valence-corrected chi connectivity index (χ3v) is 4.36. The molecule has 1 aromatic rings. The predicted molar refractivity (Wildman–Crippen MR) is 85.8 cm³/mol. The Labute approximate surface area is 134 Å². The summed E-state index contributed by atoms with van der Waals surface area (Å²) in [5.41, 5.74) is 1.36. The molecule has 1 heterocycles. The summed E-state index contributed by atoms with van der Waals surface area (Å²) < 4.78 is 10.7. The highest BCUT2D eigenvalue weighted by Gasteiger charge is 2.31. The topological polar surface area (TPSA) is 71.3 Å². The van der Waals surface area contributed by atoms with Crippen LogP contribution >= 0.6 is 11.8 Å². The summed E-state index contributed by atoms with van der Waals surface area (Å²) in [6, 6.07) is 7.66. The molecule has 1 N–H and O–H groups in total. The van der Waals surface area contributed by atoms with Gasteiger partial charge in [0.05, 0.1) is 30.9 Å². The number of hydrogen-bond donors (Lipinski definition) is 1. The van der Waals surface area contributed by atoms with Gasteiger partial charge in [-0.05, 0) is 24.0 Å². The van der Waals surface area contributed by atoms with Gasteiger partial charge in [-0.15, -0.1) is 11.8 Å². The number of nitrogens with one attached hydrogen (secondary N) is 1. The molecule has 0 unspecified atom stereocenters. The zero-order valence-electron chi connectivity index (χ0n) is 12.8. The number of carbonyl (C=O) groups is 1. The second-order valence-corrected chi connectivity index (χ2v) is 5.97. The van der Waals surface area contributed by atoms with E-state index >= 15 is 0 Å². The molecule has 6 heteroatoms. The Kier molecular flexibility index (Phi) is 5.34. The summed E-state index contributed by atoms with van der Waals surface area (Å²) in [5.74, 6) is 1.68. The molecule has 0 radical (unpaired) electrons. The molecular formula is C16H18N2O3S. The lowest BCUT2D eigenvalue weighted by Crippen LogP contribution is -2.31. The van der Waals surface area contributed by atoms with Crippen LogP contribution in [0.25, 0.3) is 0 Å². The van der Waals surface area contributed by atoms with E-state index in [4.69, 9.17) is 9.47 Å². The predicted octanol–water partition coefficient (Wildman–Crippen LogP) is 2.80. The Morgan fingerprint density at radius 3 is 2.77 bits per heavy atom. The fourth-order valence-electron chi connectivity index (χ4n) is 2.45. The van der Waals surface area contributed by atoms with Crippen molar-refractivity contribution in [1.82, 2.24) is 5.32 Å². The number of thioether (sulfide) groups is 1. The van der Waals surface area contributed by atoms with Crippen LogP contribution in [0.1, 0.15) is 24.8 Å². The van der Waals surface area contributed by atoms with Crippen LogP contribution in [0.2, 0.25) is 0 Å². The molecule has 0 aromatic heterocycles. The van der Waals surface area contributed by atoms with Crippen molar-refractivity contribution in [2.45, 2.75) is 19.3 Å². The first-order valence-electron chi connectivity index (χ1n) is 6.93. The molecule has 1 amide bonds.